The van der Waals surface area contributed by atoms with Crippen molar-refractivity contribution >= 4 is 27.3 Å². The molecule has 0 saturated heterocycles. The molecule has 0 aliphatic carbocycles. The lowest BCUT2D eigenvalue weighted by atomic mass is 9.94. The van der Waals surface area contributed by atoms with Crippen LogP contribution in [0.15, 0.2) is 29.1 Å². The van der Waals surface area contributed by atoms with Crippen LogP contribution in [-0.4, -0.2) is 31.9 Å². The first-order valence-electron chi connectivity index (χ1n) is 9.09. The number of aromatic nitrogens is 4. The normalized spacial score (nSPS) is 15.9. The first-order valence-corrected chi connectivity index (χ1v) is 9.90. The topological polar surface area (TPSA) is 70.7 Å². The molecule has 144 valence electrons. The van der Waals surface area contributed by atoms with Crippen LogP contribution in [0, 0.1) is 6.92 Å². The molecule has 0 radical (unpaired) electrons. The van der Waals surface area contributed by atoms with Crippen LogP contribution in [0.25, 0.3) is 21.7 Å². The van der Waals surface area contributed by atoms with Gasteiger partial charge in [0.15, 0.2) is 0 Å². The summed E-state index contributed by atoms with van der Waals surface area (Å²) in [6.07, 6.45) is 0.701. The average Bonchev–Trinajstić information content (AvgIpc) is 3.22. The lowest BCUT2D eigenvalue weighted by molar-refractivity contribution is -0.0379. The first-order chi connectivity index (χ1) is 13.4. The van der Waals surface area contributed by atoms with E-state index in [1.54, 1.807) is 23.0 Å². The summed E-state index contributed by atoms with van der Waals surface area (Å²) in [4.78, 5) is 15.7. The predicted octanol–water partition coefficient (Wildman–Crippen LogP) is 3.26. The quantitative estimate of drug-likeness (QED) is 0.520. The summed E-state index contributed by atoms with van der Waals surface area (Å²) < 4.78 is 14.8. The third kappa shape index (κ3) is 2.41. The number of hydrogen-bond donors (Lipinski definition) is 0. The van der Waals surface area contributed by atoms with Crippen LogP contribution in [0.4, 0.5) is 0 Å². The Hall–Kier alpha value is -2.71. The van der Waals surface area contributed by atoms with E-state index in [9.17, 15) is 4.79 Å². The van der Waals surface area contributed by atoms with Crippen molar-refractivity contribution in [3.05, 3.63) is 50.9 Å². The highest BCUT2D eigenvalue weighted by Crippen LogP contribution is 2.38. The van der Waals surface area contributed by atoms with Crippen molar-refractivity contribution in [2.45, 2.75) is 39.4 Å². The summed E-state index contributed by atoms with van der Waals surface area (Å²) in [5.74, 6) is 2.00. The molecule has 1 aliphatic heterocycles. The minimum atomic E-state index is -0.296. The van der Waals surface area contributed by atoms with Gasteiger partial charge in [-0.15, -0.1) is 21.5 Å². The van der Waals surface area contributed by atoms with Gasteiger partial charge < -0.3 is 9.47 Å². The molecule has 0 unspecified atom stereocenters. The Morgan fingerprint density at radius 3 is 2.68 bits per heavy atom. The van der Waals surface area contributed by atoms with Gasteiger partial charge in [-0.1, -0.05) is 0 Å². The van der Waals surface area contributed by atoms with Gasteiger partial charge in [0.25, 0.3) is 5.56 Å². The molecular formula is C20H20N4O3S. The Kier molecular flexibility index (Phi) is 3.66. The van der Waals surface area contributed by atoms with E-state index < -0.39 is 0 Å². The maximum Gasteiger partial charge on any atom is 0.268 e. The Morgan fingerprint density at radius 1 is 1.21 bits per heavy atom. The third-order valence-electron chi connectivity index (χ3n) is 5.23. The maximum absolute atomic E-state index is 13.7. The molecule has 0 fully saturated rings. The largest absolute Gasteiger partial charge is 0.497 e. The summed E-state index contributed by atoms with van der Waals surface area (Å²) in [5.41, 5.74) is 1.44. The van der Waals surface area contributed by atoms with Gasteiger partial charge in [0.2, 0.25) is 5.78 Å². The number of rotatable bonds is 2. The van der Waals surface area contributed by atoms with Crippen LogP contribution >= 0.6 is 11.3 Å². The van der Waals surface area contributed by atoms with Gasteiger partial charge in [-0.25, -0.2) is 4.57 Å². The predicted molar refractivity (Wildman–Crippen MR) is 108 cm³/mol. The van der Waals surface area contributed by atoms with Crippen molar-refractivity contribution in [1.82, 2.24) is 19.2 Å². The Bertz CT molecular complexity index is 1280. The van der Waals surface area contributed by atoms with Crippen molar-refractivity contribution in [3.63, 3.8) is 0 Å². The number of fused-ring (bicyclic) bond motifs is 5. The molecular weight excluding hydrogens is 376 g/mol. The minimum absolute atomic E-state index is 0.0738. The lowest BCUT2D eigenvalue weighted by Gasteiger charge is -2.29. The Balaban J connectivity index is 1.90. The van der Waals surface area contributed by atoms with Crippen LogP contribution < -0.4 is 10.3 Å². The van der Waals surface area contributed by atoms with Crippen molar-refractivity contribution in [2.75, 3.05) is 7.11 Å². The molecule has 0 saturated carbocycles. The molecule has 1 aliphatic rings. The van der Waals surface area contributed by atoms with Crippen LogP contribution in [0.5, 0.6) is 5.75 Å². The zero-order valence-electron chi connectivity index (χ0n) is 16.1. The van der Waals surface area contributed by atoms with E-state index in [-0.39, 0.29) is 11.2 Å². The summed E-state index contributed by atoms with van der Waals surface area (Å²) in [5, 5.41) is 9.29. The van der Waals surface area contributed by atoms with E-state index in [4.69, 9.17) is 9.47 Å². The number of thiophene rings is 1. The second-order valence-corrected chi connectivity index (χ2v) is 8.71. The zero-order chi connectivity index (χ0) is 19.6. The van der Waals surface area contributed by atoms with Crippen LogP contribution in [0.2, 0.25) is 0 Å². The molecule has 1 aromatic carbocycles. The van der Waals surface area contributed by atoms with E-state index in [1.165, 1.54) is 0 Å². The Morgan fingerprint density at radius 2 is 1.96 bits per heavy atom. The molecule has 4 aromatic rings. The number of hydrogen-bond acceptors (Lipinski definition) is 6. The van der Waals surface area contributed by atoms with Gasteiger partial charge in [0.05, 0.1) is 30.4 Å². The van der Waals surface area contributed by atoms with Gasteiger partial charge in [-0.05, 0) is 50.6 Å². The number of nitrogens with zero attached hydrogens (tertiary/aromatic N) is 4. The SMILES string of the molecule is COc1ccc(-n2c(=O)c3c4c(sc3n3c(C)nnc23)COC(C)(C)C4)cc1. The summed E-state index contributed by atoms with van der Waals surface area (Å²) in [7, 11) is 1.62. The molecule has 0 atom stereocenters. The standard InChI is InChI=1S/C20H20N4O3S/c1-11-21-22-19-23(11)18-16(14-9-20(2,3)27-10-15(14)28-18)17(25)24(19)12-5-7-13(26-4)8-6-12/h5-8H,9-10H2,1-4H3. The third-order valence-corrected chi connectivity index (χ3v) is 6.42. The average molecular weight is 396 g/mol. The molecule has 7 nitrogen and oxygen atoms in total. The molecule has 0 amide bonds. The maximum atomic E-state index is 13.7. The van der Waals surface area contributed by atoms with Crippen molar-refractivity contribution in [3.8, 4) is 11.4 Å². The summed E-state index contributed by atoms with van der Waals surface area (Å²) in [6.45, 7) is 6.54. The second-order valence-electron chi connectivity index (χ2n) is 7.63. The highest BCUT2D eigenvalue weighted by atomic mass is 32.1. The van der Waals surface area contributed by atoms with E-state index in [2.05, 4.69) is 24.0 Å². The van der Waals surface area contributed by atoms with Gasteiger partial charge in [0.1, 0.15) is 16.4 Å². The number of aryl methyl sites for hydroxylation is 1. The number of methoxy groups -OCH3 is 1. The summed E-state index contributed by atoms with van der Waals surface area (Å²) in [6, 6.07) is 7.40. The van der Waals surface area contributed by atoms with E-state index in [1.807, 2.05) is 35.6 Å². The minimum Gasteiger partial charge on any atom is -0.497 e. The van der Waals surface area contributed by atoms with Crippen molar-refractivity contribution in [1.29, 1.82) is 0 Å². The molecule has 28 heavy (non-hydrogen) atoms. The van der Waals surface area contributed by atoms with Gasteiger partial charge in [0, 0.05) is 11.3 Å². The van der Waals surface area contributed by atoms with Crippen LogP contribution in [0.1, 0.15) is 30.1 Å². The zero-order valence-corrected chi connectivity index (χ0v) is 17.0. The summed E-state index contributed by atoms with van der Waals surface area (Å²) >= 11 is 1.60. The van der Waals surface area contributed by atoms with E-state index in [0.717, 1.165) is 37.9 Å². The second kappa shape index (κ2) is 5.89. The van der Waals surface area contributed by atoms with Gasteiger partial charge >= 0.3 is 0 Å². The van der Waals surface area contributed by atoms with Crippen LogP contribution in [-0.2, 0) is 17.8 Å². The molecule has 5 rings (SSSR count). The number of ether oxygens (including phenoxy) is 2. The smallest absolute Gasteiger partial charge is 0.268 e. The highest BCUT2D eigenvalue weighted by Gasteiger charge is 2.32. The van der Waals surface area contributed by atoms with Crippen molar-refractivity contribution in [2.24, 2.45) is 0 Å². The lowest BCUT2D eigenvalue weighted by Crippen LogP contribution is -2.32. The molecule has 8 heteroatoms. The van der Waals surface area contributed by atoms with Crippen LogP contribution in [0.3, 0.4) is 0 Å². The molecule has 0 spiro atoms. The highest BCUT2D eigenvalue weighted by molar-refractivity contribution is 7.18. The molecule has 0 N–H and O–H groups in total. The fourth-order valence-electron chi connectivity index (χ4n) is 3.82. The fourth-order valence-corrected chi connectivity index (χ4v) is 5.08. The van der Waals surface area contributed by atoms with E-state index in [0.29, 0.717) is 18.8 Å². The van der Waals surface area contributed by atoms with Crippen molar-refractivity contribution < 1.29 is 9.47 Å². The van der Waals surface area contributed by atoms with Gasteiger partial charge in [-0.2, -0.15) is 0 Å². The molecule has 0 bridgehead atoms. The molecule has 3 aromatic heterocycles. The first kappa shape index (κ1) is 17.4. The number of benzene rings is 1. The van der Waals surface area contributed by atoms with E-state index >= 15 is 0 Å². The molecule has 4 heterocycles. The fraction of sp³-hybridized carbons (Fsp3) is 0.350. The Labute approximate surface area is 165 Å². The monoisotopic (exact) mass is 396 g/mol. The van der Waals surface area contributed by atoms with Gasteiger partial charge in [-0.3, -0.25) is 9.20 Å².